The van der Waals surface area contributed by atoms with Gasteiger partial charge in [-0.3, -0.25) is 4.31 Å². The van der Waals surface area contributed by atoms with Crippen LogP contribution in [-0.2, 0) is 21.2 Å². The molecule has 2 heterocycles. The van der Waals surface area contributed by atoms with E-state index < -0.39 is 34.1 Å². The fraction of sp³-hybridized carbons (Fsp3) is 0.267. The minimum Gasteiger partial charge on any atom is -0.480 e. The molecule has 12 heteroatoms. The molecule has 3 rings (SSSR count). The maximum absolute atomic E-state index is 12.7. The highest BCUT2D eigenvalue weighted by molar-refractivity contribution is 7.94. The van der Waals surface area contributed by atoms with Gasteiger partial charge in [0.15, 0.2) is 0 Å². The molecule has 2 aromatic rings. The van der Waals surface area contributed by atoms with Gasteiger partial charge in [-0.05, 0) is 23.1 Å². The van der Waals surface area contributed by atoms with Gasteiger partial charge in [0.05, 0.1) is 11.4 Å². The van der Waals surface area contributed by atoms with E-state index in [0.29, 0.717) is 0 Å². The Balaban J connectivity index is 2.10. The van der Waals surface area contributed by atoms with Crippen LogP contribution in [-0.4, -0.2) is 38.9 Å². The van der Waals surface area contributed by atoms with Crippen LogP contribution in [0.25, 0.3) is 0 Å². The second-order valence-corrected chi connectivity index (χ2v) is 8.81. The minimum absolute atomic E-state index is 0.00586. The first-order valence-corrected chi connectivity index (χ1v) is 9.75. The maximum atomic E-state index is 12.7. The molecule has 1 aromatic carbocycles. The summed E-state index contributed by atoms with van der Waals surface area (Å²) < 4.78 is 68.1. The van der Waals surface area contributed by atoms with Gasteiger partial charge in [0.25, 0.3) is 10.0 Å². The number of sulfonamides is 1. The van der Waals surface area contributed by atoms with Crippen molar-refractivity contribution in [2.45, 2.75) is 23.0 Å². The first-order valence-electron chi connectivity index (χ1n) is 7.43. The van der Waals surface area contributed by atoms with Crippen LogP contribution in [0.1, 0.15) is 5.56 Å². The minimum atomic E-state index is -4.98. The Kier molecular flexibility index (Phi) is 4.72. The molecule has 0 fully saturated rings. The van der Waals surface area contributed by atoms with Crippen molar-refractivity contribution in [3.63, 3.8) is 0 Å². The number of rotatable bonds is 5. The Morgan fingerprint density at radius 1 is 1.41 bits per heavy atom. The maximum Gasteiger partial charge on any atom is 0.573 e. The van der Waals surface area contributed by atoms with Crippen LogP contribution >= 0.6 is 11.3 Å². The summed E-state index contributed by atoms with van der Waals surface area (Å²) in [4.78, 5) is 11.2. The number of anilines is 2. The number of benzene rings is 1. The van der Waals surface area contributed by atoms with E-state index in [2.05, 4.69) is 10.1 Å². The van der Waals surface area contributed by atoms with E-state index in [9.17, 15) is 31.5 Å². The zero-order valence-corrected chi connectivity index (χ0v) is 15.3. The summed E-state index contributed by atoms with van der Waals surface area (Å²) in [7, 11) is -2.86. The van der Waals surface area contributed by atoms with E-state index in [0.717, 1.165) is 27.8 Å². The summed E-state index contributed by atoms with van der Waals surface area (Å²) in [6.45, 7) is 0. The van der Waals surface area contributed by atoms with Crippen molar-refractivity contribution < 1.29 is 36.2 Å². The van der Waals surface area contributed by atoms with Crippen LogP contribution in [0.2, 0.25) is 0 Å². The lowest BCUT2D eigenvalue weighted by atomic mass is 10.1. The molecule has 0 aliphatic carbocycles. The molecule has 0 amide bonds. The Hall–Kier alpha value is -2.47. The number of alkyl halides is 3. The number of halogens is 3. The summed E-state index contributed by atoms with van der Waals surface area (Å²) in [5.74, 6) is -1.84. The SMILES string of the molecule is CN(c1cc(OC(F)(F)F)cc2c1NC(C(=O)O)C2)S(=O)(=O)c1cccs1. The lowest BCUT2D eigenvalue weighted by molar-refractivity contribution is -0.274. The molecule has 7 nitrogen and oxygen atoms in total. The van der Waals surface area contributed by atoms with E-state index in [1.165, 1.54) is 19.2 Å². The molecule has 0 saturated heterocycles. The Bertz CT molecular complexity index is 974. The van der Waals surface area contributed by atoms with Gasteiger partial charge in [0.1, 0.15) is 16.0 Å². The molecule has 1 atom stereocenters. The number of thiophene rings is 1. The lowest BCUT2D eigenvalue weighted by Gasteiger charge is -2.23. The molecule has 146 valence electrons. The first kappa shape index (κ1) is 19.3. The number of hydrogen-bond donors (Lipinski definition) is 2. The van der Waals surface area contributed by atoms with Crippen molar-refractivity contribution >= 4 is 38.7 Å². The molecule has 0 bridgehead atoms. The monoisotopic (exact) mass is 422 g/mol. The van der Waals surface area contributed by atoms with E-state index in [-0.39, 0.29) is 27.6 Å². The fourth-order valence-corrected chi connectivity index (χ4v) is 5.05. The first-order chi connectivity index (χ1) is 12.5. The summed E-state index contributed by atoms with van der Waals surface area (Å²) in [5.41, 5.74) is 0.218. The summed E-state index contributed by atoms with van der Waals surface area (Å²) in [6, 6.07) is 3.76. The van der Waals surface area contributed by atoms with Gasteiger partial charge in [0, 0.05) is 19.5 Å². The number of hydrogen-bond acceptors (Lipinski definition) is 6. The van der Waals surface area contributed by atoms with Crippen LogP contribution in [0.4, 0.5) is 24.5 Å². The van der Waals surface area contributed by atoms with Gasteiger partial charge in [-0.2, -0.15) is 0 Å². The van der Waals surface area contributed by atoms with Gasteiger partial charge in [0.2, 0.25) is 0 Å². The van der Waals surface area contributed by atoms with Crippen molar-refractivity contribution in [3.8, 4) is 5.75 Å². The average molecular weight is 422 g/mol. The van der Waals surface area contributed by atoms with Crippen molar-refractivity contribution in [1.29, 1.82) is 0 Å². The molecule has 0 saturated carbocycles. The standard InChI is InChI=1S/C15H13F3N2O5S2/c1-20(27(23,24)12-3-2-4-26-12)11-7-9(25-15(16,17)18)5-8-6-10(14(21)22)19-13(8)11/h2-5,7,10,19H,6H2,1H3,(H,21,22). The number of aliphatic carboxylic acids is 1. The largest absolute Gasteiger partial charge is 0.573 e. The number of ether oxygens (including phenoxy) is 1. The van der Waals surface area contributed by atoms with Gasteiger partial charge in [-0.1, -0.05) is 6.07 Å². The van der Waals surface area contributed by atoms with E-state index in [1.54, 1.807) is 5.38 Å². The van der Waals surface area contributed by atoms with E-state index >= 15 is 0 Å². The quantitative estimate of drug-likeness (QED) is 0.769. The molecule has 0 radical (unpaired) electrons. The topological polar surface area (TPSA) is 95.9 Å². The number of carboxylic acid groups (broad SMARTS) is 1. The van der Waals surface area contributed by atoms with Gasteiger partial charge in [-0.25, -0.2) is 13.2 Å². The van der Waals surface area contributed by atoms with Crippen molar-refractivity contribution in [1.82, 2.24) is 0 Å². The highest BCUT2D eigenvalue weighted by Gasteiger charge is 2.36. The zero-order valence-electron chi connectivity index (χ0n) is 13.6. The zero-order chi connectivity index (χ0) is 20.0. The van der Waals surface area contributed by atoms with Crippen molar-refractivity contribution in [3.05, 3.63) is 35.2 Å². The normalized spacial score (nSPS) is 16.5. The number of nitrogens with one attached hydrogen (secondary N) is 1. The Morgan fingerprint density at radius 3 is 2.67 bits per heavy atom. The summed E-state index contributed by atoms with van der Waals surface area (Å²) in [5, 5.41) is 13.4. The molecule has 1 unspecified atom stereocenters. The third-order valence-corrected chi connectivity index (χ3v) is 7.04. The van der Waals surface area contributed by atoms with Crippen LogP contribution < -0.4 is 14.4 Å². The molecule has 0 spiro atoms. The number of nitrogens with zero attached hydrogens (tertiary/aromatic N) is 1. The molecule has 1 aliphatic heterocycles. The van der Waals surface area contributed by atoms with E-state index in [1.807, 2.05) is 0 Å². The number of carbonyl (C=O) groups is 1. The molecule has 27 heavy (non-hydrogen) atoms. The molecular weight excluding hydrogens is 409 g/mol. The summed E-state index contributed by atoms with van der Waals surface area (Å²) >= 11 is 0.950. The van der Waals surface area contributed by atoms with Crippen LogP contribution in [0, 0.1) is 0 Å². The average Bonchev–Trinajstić information content (AvgIpc) is 3.21. The predicted molar refractivity (Wildman–Crippen MR) is 91.8 cm³/mol. The third kappa shape index (κ3) is 3.81. The van der Waals surface area contributed by atoms with Crippen LogP contribution in [0.15, 0.2) is 33.9 Å². The Morgan fingerprint density at radius 2 is 2.11 bits per heavy atom. The van der Waals surface area contributed by atoms with E-state index in [4.69, 9.17) is 0 Å². The number of carboxylic acids is 1. The van der Waals surface area contributed by atoms with Gasteiger partial charge < -0.3 is 15.2 Å². The molecule has 1 aliphatic rings. The van der Waals surface area contributed by atoms with Crippen LogP contribution in [0.3, 0.4) is 0 Å². The molecule has 2 N–H and O–H groups in total. The lowest BCUT2D eigenvalue weighted by Crippen LogP contribution is -2.29. The molecular formula is C15H13F3N2O5S2. The Labute approximate surface area is 156 Å². The van der Waals surface area contributed by atoms with Crippen molar-refractivity contribution in [2.75, 3.05) is 16.7 Å². The summed E-state index contributed by atoms with van der Waals surface area (Å²) in [6.07, 6.45) is -5.09. The second kappa shape index (κ2) is 6.60. The highest BCUT2D eigenvalue weighted by Crippen LogP contribution is 2.42. The fourth-order valence-electron chi connectivity index (χ4n) is 2.69. The molecule has 1 aromatic heterocycles. The third-order valence-electron chi connectivity index (χ3n) is 3.90. The number of fused-ring (bicyclic) bond motifs is 1. The predicted octanol–water partition coefficient (Wildman–Crippen LogP) is 2.89. The van der Waals surface area contributed by atoms with Crippen molar-refractivity contribution in [2.24, 2.45) is 0 Å². The second-order valence-electron chi connectivity index (χ2n) is 5.67. The van der Waals surface area contributed by atoms with Crippen LogP contribution in [0.5, 0.6) is 5.75 Å². The smallest absolute Gasteiger partial charge is 0.480 e. The van der Waals surface area contributed by atoms with Gasteiger partial charge >= 0.3 is 12.3 Å². The highest BCUT2D eigenvalue weighted by atomic mass is 32.2. The van der Waals surface area contributed by atoms with Gasteiger partial charge in [-0.15, -0.1) is 24.5 Å².